The van der Waals surface area contributed by atoms with Crippen molar-refractivity contribution in [1.29, 1.82) is 0 Å². The molecule has 0 aliphatic heterocycles. The smallest absolute Gasteiger partial charge is 0.413 e. The molecule has 0 unspecified atom stereocenters. The first-order chi connectivity index (χ1) is 10.7. The molecule has 0 saturated heterocycles. The van der Waals surface area contributed by atoms with Gasteiger partial charge in [-0.3, -0.25) is 5.32 Å². The molecule has 0 radical (unpaired) electrons. The summed E-state index contributed by atoms with van der Waals surface area (Å²) in [5.41, 5.74) is 1.10. The van der Waals surface area contributed by atoms with Crippen molar-refractivity contribution in [2.45, 2.75) is 46.3 Å². The SMILES string of the molecule is CC(C)n1cnc(C=Cc2csc(NC(=O)OC(C)(C)C)n2)c1. The molecule has 0 saturated carbocycles. The van der Waals surface area contributed by atoms with Crippen molar-refractivity contribution in [1.82, 2.24) is 14.5 Å². The summed E-state index contributed by atoms with van der Waals surface area (Å²) < 4.78 is 7.23. The van der Waals surface area contributed by atoms with Crippen LogP contribution in [0.2, 0.25) is 0 Å². The van der Waals surface area contributed by atoms with Crippen molar-refractivity contribution >= 4 is 34.7 Å². The minimum absolute atomic E-state index is 0.383. The fraction of sp³-hybridized carbons (Fsp3) is 0.438. The second-order valence-electron chi connectivity index (χ2n) is 6.38. The van der Waals surface area contributed by atoms with E-state index < -0.39 is 11.7 Å². The van der Waals surface area contributed by atoms with E-state index in [0.29, 0.717) is 11.2 Å². The summed E-state index contributed by atoms with van der Waals surface area (Å²) in [7, 11) is 0. The van der Waals surface area contributed by atoms with Gasteiger partial charge in [-0.2, -0.15) is 0 Å². The van der Waals surface area contributed by atoms with E-state index in [1.165, 1.54) is 11.3 Å². The maximum absolute atomic E-state index is 11.7. The summed E-state index contributed by atoms with van der Waals surface area (Å²) in [6, 6.07) is 0.383. The largest absolute Gasteiger partial charge is 0.444 e. The third-order valence-corrected chi connectivity index (χ3v) is 3.55. The Morgan fingerprint density at radius 2 is 2.04 bits per heavy atom. The van der Waals surface area contributed by atoms with E-state index in [2.05, 4.69) is 29.1 Å². The van der Waals surface area contributed by atoms with Crippen LogP contribution in [0.3, 0.4) is 0 Å². The predicted octanol–water partition coefficient (Wildman–Crippen LogP) is 4.44. The van der Waals surface area contributed by atoms with Crippen LogP contribution in [-0.2, 0) is 4.74 Å². The van der Waals surface area contributed by atoms with E-state index in [1.54, 1.807) is 6.33 Å². The molecular formula is C16H22N4O2S. The van der Waals surface area contributed by atoms with Crippen LogP contribution in [0.25, 0.3) is 12.2 Å². The van der Waals surface area contributed by atoms with Crippen molar-refractivity contribution in [3.8, 4) is 0 Å². The summed E-state index contributed by atoms with van der Waals surface area (Å²) in [6.07, 6.45) is 7.04. The number of nitrogens with one attached hydrogen (secondary N) is 1. The van der Waals surface area contributed by atoms with Gasteiger partial charge in [0.05, 0.1) is 17.7 Å². The van der Waals surface area contributed by atoms with Crippen molar-refractivity contribution < 1.29 is 9.53 Å². The average molecular weight is 334 g/mol. The second-order valence-corrected chi connectivity index (χ2v) is 7.24. The van der Waals surface area contributed by atoms with Gasteiger partial charge in [0.2, 0.25) is 0 Å². The van der Waals surface area contributed by atoms with Crippen molar-refractivity contribution in [2.24, 2.45) is 0 Å². The number of nitrogens with zero attached hydrogens (tertiary/aromatic N) is 3. The normalized spacial score (nSPS) is 12.1. The molecule has 0 aliphatic rings. The second kappa shape index (κ2) is 6.95. The quantitative estimate of drug-likeness (QED) is 0.897. The van der Waals surface area contributed by atoms with Crippen LogP contribution in [0.15, 0.2) is 17.9 Å². The maximum Gasteiger partial charge on any atom is 0.413 e. The number of hydrogen-bond donors (Lipinski definition) is 1. The molecule has 7 heteroatoms. The maximum atomic E-state index is 11.7. The number of ether oxygens (including phenoxy) is 1. The average Bonchev–Trinajstić information content (AvgIpc) is 3.02. The van der Waals surface area contributed by atoms with E-state index in [4.69, 9.17) is 4.74 Å². The zero-order valence-electron chi connectivity index (χ0n) is 14.0. The summed E-state index contributed by atoms with van der Waals surface area (Å²) in [5, 5.41) is 5.00. The summed E-state index contributed by atoms with van der Waals surface area (Å²) in [5.74, 6) is 0. The molecule has 1 amide bonds. The van der Waals surface area contributed by atoms with Crippen molar-refractivity contribution in [2.75, 3.05) is 5.32 Å². The van der Waals surface area contributed by atoms with Gasteiger partial charge < -0.3 is 9.30 Å². The lowest BCUT2D eigenvalue weighted by atomic mass is 10.2. The van der Waals surface area contributed by atoms with Gasteiger partial charge in [-0.15, -0.1) is 11.3 Å². The molecule has 0 bridgehead atoms. The van der Waals surface area contributed by atoms with E-state index in [0.717, 1.165) is 11.4 Å². The number of amides is 1. The molecule has 23 heavy (non-hydrogen) atoms. The molecule has 124 valence electrons. The fourth-order valence-corrected chi connectivity index (χ4v) is 2.37. The monoisotopic (exact) mass is 334 g/mol. The van der Waals surface area contributed by atoms with Gasteiger partial charge >= 0.3 is 6.09 Å². The number of imidazole rings is 1. The van der Waals surface area contributed by atoms with Crippen LogP contribution in [0.4, 0.5) is 9.93 Å². The molecule has 0 spiro atoms. The van der Waals surface area contributed by atoms with Crippen LogP contribution in [0.5, 0.6) is 0 Å². The number of carbonyl (C=O) groups excluding carboxylic acids is 1. The minimum atomic E-state index is -0.528. The third kappa shape index (κ3) is 5.52. The number of aromatic nitrogens is 3. The highest BCUT2D eigenvalue weighted by molar-refractivity contribution is 7.14. The number of thiazole rings is 1. The molecule has 1 N–H and O–H groups in total. The zero-order valence-corrected chi connectivity index (χ0v) is 14.8. The first-order valence-electron chi connectivity index (χ1n) is 7.40. The standard InChI is InChI=1S/C16H22N4O2S/c1-11(2)20-8-12(17-10-20)6-7-13-9-23-14(18-13)19-15(21)22-16(3,4)5/h6-11H,1-5H3,(H,18,19,21). The van der Waals surface area contributed by atoms with Gasteiger partial charge in [-0.25, -0.2) is 14.8 Å². The van der Waals surface area contributed by atoms with Gasteiger partial charge in [-0.1, -0.05) is 0 Å². The summed E-state index contributed by atoms with van der Waals surface area (Å²) in [6.45, 7) is 9.66. The minimum Gasteiger partial charge on any atom is -0.444 e. The fourth-order valence-electron chi connectivity index (χ4n) is 1.70. The molecule has 2 heterocycles. The van der Waals surface area contributed by atoms with Gasteiger partial charge in [0, 0.05) is 17.6 Å². The Morgan fingerprint density at radius 3 is 2.65 bits per heavy atom. The lowest BCUT2D eigenvalue weighted by Gasteiger charge is -2.18. The number of carbonyl (C=O) groups is 1. The Hall–Kier alpha value is -2.15. The van der Waals surface area contributed by atoms with E-state index in [-0.39, 0.29) is 0 Å². The Balaban J connectivity index is 1.96. The molecule has 2 aromatic heterocycles. The van der Waals surface area contributed by atoms with Crippen LogP contribution in [0.1, 0.15) is 52.0 Å². The molecule has 0 aliphatic carbocycles. The first kappa shape index (κ1) is 17.2. The first-order valence-corrected chi connectivity index (χ1v) is 8.28. The zero-order chi connectivity index (χ0) is 17.0. The lowest BCUT2D eigenvalue weighted by Crippen LogP contribution is -2.27. The van der Waals surface area contributed by atoms with Gasteiger partial charge in [0.15, 0.2) is 5.13 Å². The Labute approximate surface area is 140 Å². The van der Waals surface area contributed by atoms with Crippen LogP contribution < -0.4 is 5.32 Å². The summed E-state index contributed by atoms with van der Waals surface area (Å²) >= 11 is 1.35. The number of hydrogen-bond acceptors (Lipinski definition) is 5. The van der Waals surface area contributed by atoms with Crippen molar-refractivity contribution in [3.63, 3.8) is 0 Å². The van der Waals surface area contributed by atoms with Crippen LogP contribution >= 0.6 is 11.3 Å². The van der Waals surface area contributed by atoms with Gasteiger partial charge in [-0.05, 0) is 46.8 Å². The molecule has 2 aromatic rings. The van der Waals surface area contributed by atoms with Gasteiger partial charge in [0.1, 0.15) is 5.60 Å². The Kier molecular flexibility index (Phi) is 5.20. The molecule has 0 atom stereocenters. The molecule has 6 nitrogen and oxygen atoms in total. The highest BCUT2D eigenvalue weighted by Gasteiger charge is 2.17. The van der Waals surface area contributed by atoms with Gasteiger partial charge in [0.25, 0.3) is 0 Å². The van der Waals surface area contributed by atoms with E-state index in [9.17, 15) is 4.79 Å². The molecule has 2 rings (SSSR count). The van der Waals surface area contributed by atoms with E-state index in [1.807, 2.05) is 49.1 Å². The highest BCUT2D eigenvalue weighted by Crippen LogP contribution is 2.18. The topological polar surface area (TPSA) is 69.0 Å². The lowest BCUT2D eigenvalue weighted by molar-refractivity contribution is 0.0636. The predicted molar refractivity (Wildman–Crippen MR) is 93.5 cm³/mol. The number of anilines is 1. The molecule has 0 aromatic carbocycles. The van der Waals surface area contributed by atoms with E-state index >= 15 is 0 Å². The number of rotatable bonds is 4. The molecular weight excluding hydrogens is 312 g/mol. The summed E-state index contributed by atoms with van der Waals surface area (Å²) in [4.78, 5) is 20.3. The Morgan fingerprint density at radius 1 is 1.35 bits per heavy atom. The molecule has 0 fully saturated rings. The Bertz CT molecular complexity index is 695. The van der Waals surface area contributed by atoms with Crippen molar-refractivity contribution in [3.05, 3.63) is 29.3 Å². The third-order valence-electron chi connectivity index (χ3n) is 2.77. The van der Waals surface area contributed by atoms with Crippen LogP contribution in [-0.4, -0.2) is 26.2 Å². The van der Waals surface area contributed by atoms with Crippen LogP contribution in [0, 0.1) is 0 Å². The highest BCUT2D eigenvalue weighted by atomic mass is 32.1.